The molecule has 2 rings (SSSR count). The largest absolute Gasteiger partial charge is 0.369 e. The number of ether oxygens (including phenoxy) is 1. The molecule has 0 aliphatic carbocycles. The van der Waals surface area contributed by atoms with E-state index in [1.54, 1.807) is 12.1 Å². The number of halogens is 1. The highest BCUT2D eigenvalue weighted by Crippen LogP contribution is 2.23. The second-order valence-corrected chi connectivity index (χ2v) is 5.50. The van der Waals surface area contributed by atoms with Gasteiger partial charge < -0.3 is 4.74 Å². The third kappa shape index (κ3) is 4.14. The van der Waals surface area contributed by atoms with Crippen LogP contribution in [-0.4, -0.2) is 5.91 Å². The van der Waals surface area contributed by atoms with E-state index in [2.05, 4.69) is 21.4 Å². The van der Waals surface area contributed by atoms with Crippen molar-refractivity contribution in [2.75, 3.05) is 0 Å². The van der Waals surface area contributed by atoms with Gasteiger partial charge in [0.2, 0.25) is 0 Å². The molecule has 2 aromatic carbocycles. The summed E-state index contributed by atoms with van der Waals surface area (Å²) < 4.78 is 6.69. The third-order valence-corrected chi connectivity index (χ3v) is 3.94. The van der Waals surface area contributed by atoms with Crippen molar-refractivity contribution in [1.29, 1.82) is 0 Å². The Kier molecular flexibility index (Phi) is 5.50. The van der Waals surface area contributed by atoms with Crippen molar-refractivity contribution in [3.63, 3.8) is 0 Å². The van der Waals surface area contributed by atoms with Crippen LogP contribution in [0.4, 0.5) is 0 Å². The average Bonchev–Trinajstić information content (AvgIpc) is 2.53. The van der Waals surface area contributed by atoms with Gasteiger partial charge in [-0.05, 0) is 30.2 Å². The van der Waals surface area contributed by atoms with Gasteiger partial charge in [0.15, 0.2) is 0 Å². The molecular formula is C16H17BrN2O2. The lowest BCUT2D eigenvalue weighted by atomic mass is 10.1. The highest BCUT2D eigenvalue weighted by molar-refractivity contribution is 9.10. The number of nitrogen functional groups attached to an aromatic ring is 1. The maximum atomic E-state index is 11.4. The van der Waals surface area contributed by atoms with E-state index in [0.717, 1.165) is 15.6 Å². The number of rotatable bonds is 5. The normalized spacial score (nSPS) is 12.0. The minimum Gasteiger partial charge on any atom is -0.369 e. The van der Waals surface area contributed by atoms with Gasteiger partial charge in [-0.1, -0.05) is 52.3 Å². The first-order chi connectivity index (χ1) is 10.1. The summed E-state index contributed by atoms with van der Waals surface area (Å²) in [6.45, 7) is 2.47. The molecular weight excluding hydrogens is 332 g/mol. The highest BCUT2D eigenvalue weighted by Gasteiger charge is 2.10. The Morgan fingerprint density at radius 3 is 2.62 bits per heavy atom. The van der Waals surface area contributed by atoms with Gasteiger partial charge in [0.25, 0.3) is 5.91 Å². The number of carbonyl (C=O) groups is 1. The number of hydrogen-bond donors (Lipinski definition) is 2. The van der Waals surface area contributed by atoms with Gasteiger partial charge >= 0.3 is 0 Å². The Balaban J connectivity index is 2.02. The molecule has 1 unspecified atom stereocenters. The van der Waals surface area contributed by atoms with Gasteiger partial charge in [-0.25, -0.2) is 5.84 Å². The molecule has 0 aliphatic heterocycles. The lowest BCUT2D eigenvalue weighted by Gasteiger charge is -2.14. The van der Waals surface area contributed by atoms with Crippen LogP contribution >= 0.6 is 15.9 Å². The average molecular weight is 349 g/mol. The van der Waals surface area contributed by atoms with Crippen LogP contribution in [-0.2, 0) is 11.3 Å². The maximum Gasteiger partial charge on any atom is 0.265 e. The summed E-state index contributed by atoms with van der Waals surface area (Å²) in [4.78, 5) is 11.4. The molecule has 0 bridgehead atoms. The van der Waals surface area contributed by atoms with Crippen molar-refractivity contribution in [3.8, 4) is 0 Å². The Morgan fingerprint density at radius 2 is 2.00 bits per heavy atom. The molecule has 2 aromatic rings. The SMILES string of the molecule is CC(OCc1ccc(C(=O)NN)cc1Br)c1ccccc1. The van der Waals surface area contributed by atoms with Gasteiger partial charge in [0.05, 0.1) is 12.7 Å². The zero-order valence-electron chi connectivity index (χ0n) is 11.7. The quantitative estimate of drug-likeness (QED) is 0.494. The molecule has 0 radical (unpaired) electrons. The lowest BCUT2D eigenvalue weighted by molar-refractivity contribution is 0.0522. The first-order valence-electron chi connectivity index (χ1n) is 6.57. The number of benzene rings is 2. The zero-order valence-corrected chi connectivity index (χ0v) is 13.3. The number of amides is 1. The van der Waals surface area contributed by atoms with Crippen molar-refractivity contribution in [3.05, 3.63) is 69.7 Å². The minimum atomic E-state index is -0.319. The molecule has 4 nitrogen and oxygen atoms in total. The van der Waals surface area contributed by atoms with Crippen molar-refractivity contribution < 1.29 is 9.53 Å². The molecule has 1 atom stereocenters. The topological polar surface area (TPSA) is 64.3 Å². The van der Waals surface area contributed by atoms with Crippen LogP contribution in [0.2, 0.25) is 0 Å². The molecule has 0 fully saturated rings. The van der Waals surface area contributed by atoms with Gasteiger partial charge in [0.1, 0.15) is 0 Å². The molecule has 5 heteroatoms. The van der Waals surface area contributed by atoms with E-state index in [9.17, 15) is 4.79 Å². The molecule has 0 aliphatic rings. The Hall–Kier alpha value is -1.69. The number of hydrazine groups is 1. The summed E-state index contributed by atoms with van der Waals surface area (Å²) in [6.07, 6.45) is 0.00474. The second kappa shape index (κ2) is 7.36. The Morgan fingerprint density at radius 1 is 1.29 bits per heavy atom. The first-order valence-corrected chi connectivity index (χ1v) is 7.37. The van der Waals surface area contributed by atoms with E-state index in [1.807, 2.05) is 43.3 Å². The van der Waals surface area contributed by atoms with Gasteiger partial charge in [-0.15, -0.1) is 0 Å². The molecule has 0 spiro atoms. The molecule has 0 aromatic heterocycles. The van der Waals surface area contributed by atoms with E-state index >= 15 is 0 Å². The summed E-state index contributed by atoms with van der Waals surface area (Å²) in [5.41, 5.74) is 4.72. The highest BCUT2D eigenvalue weighted by atomic mass is 79.9. The van der Waals surface area contributed by atoms with E-state index in [-0.39, 0.29) is 12.0 Å². The number of hydrogen-bond acceptors (Lipinski definition) is 3. The summed E-state index contributed by atoms with van der Waals surface area (Å²) in [6, 6.07) is 15.3. The Labute approximate surface area is 132 Å². The van der Waals surface area contributed by atoms with E-state index in [0.29, 0.717) is 12.2 Å². The molecule has 1 amide bonds. The van der Waals surface area contributed by atoms with Crippen LogP contribution < -0.4 is 11.3 Å². The van der Waals surface area contributed by atoms with Crippen LogP contribution in [0, 0.1) is 0 Å². The molecule has 110 valence electrons. The summed E-state index contributed by atoms with van der Waals surface area (Å²) in [5.74, 6) is 4.80. The fourth-order valence-corrected chi connectivity index (χ4v) is 2.42. The van der Waals surface area contributed by atoms with Crippen LogP contribution in [0.3, 0.4) is 0 Å². The van der Waals surface area contributed by atoms with Gasteiger partial charge in [-0.3, -0.25) is 10.2 Å². The molecule has 21 heavy (non-hydrogen) atoms. The molecule has 0 heterocycles. The first kappa shape index (κ1) is 15.7. The van der Waals surface area contributed by atoms with Crippen molar-refractivity contribution in [2.45, 2.75) is 19.6 Å². The van der Waals surface area contributed by atoms with Gasteiger partial charge in [-0.2, -0.15) is 0 Å². The third-order valence-electron chi connectivity index (χ3n) is 3.20. The van der Waals surface area contributed by atoms with Crippen LogP contribution in [0.25, 0.3) is 0 Å². The molecule has 0 saturated carbocycles. The van der Waals surface area contributed by atoms with Crippen LogP contribution in [0.5, 0.6) is 0 Å². The van der Waals surface area contributed by atoms with Crippen molar-refractivity contribution >= 4 is 21.8 Å². The number of nitrogens with one attached hydrogen (secondary N) is 1. The maximum absolute atomic E-state index is 11.4. The van der Waals surface area contributed by atoms with Gasteiger partial charge in [0, 0.05) is 10.0 Å². The molecule has 3 N–H and O–H groups in total. The molecule has 0 saturated heterocycles. The summed E-state index contributed by atoms with van der Waals surface area (Å²) in [7, 11) is 0. The van der Waals surface area contributed by atoms with E-state index in [4.69, 9.17) is 10.6 Å². The lowest BCUT2D eigenvalue weighted by Crippen LogP contribution is -2.29. The van der Waals surface area contributed by atoms with E-state index in [1.165, 1.54) is 0 Å². The van der Waals surface area contributed by atoms with Crippen LogP contribution in [0.1, 0.15) is 34.5 Å². The summed E-state index contributed by atoms with van der Waals surface area (Å²) in [5, 5.41) is 0. The predicted octanol–water partition coefficient (Wildman–Crippen LogP) is 3.33. The van der Waals surface area contributed by atoms with Crippen molar-refractivity contribution in [2.24, 2.45) is 5.84 Å². The Bertz CT molecular complexity index is 617. The smallest absolute Gasteiger partial charge is 0.265 e. The van der Waals surface area contributed by atoms with Crippen molar-refractivity contribution in [1.82, 2.24) is 5.43 Å². The number of nitrogens with two attached hydrogens (primary N) is 1. The zero-order chi connectivity index (χ0) is 15.2. The number of carbonyl (C=O) groups excluding carboxylic acids is 1. The minimum absolute atomic E-state index is 0.00474. The fourth-order valence-electron chi connectivity index (χ4n) is 1.92. The summed E-state index contributed by atoms with van der Waals surface area (Å²) >= 11 is 3.45. The fraction of sp³-hybridized carbons (Fsp3) is 0.188. The monoisotopic (exact) mass is 348 g/mol. The van der Waals surface area contributed by atoms with E-state index < -0.39 is 0 Å². The second-order valence-electron chi connectivity index (χ2n) is 4.64. The predicted molar refractivity (Wildman–Crippen MR) is 85.4 cm³/mol. The van der Waals surface area contributed by atoms with Crippen LogP contribution in [0.15, 0.2) is 53.0 Å². The standard InChI is InChI=1S/C16H17BrN2O2/c1-11(12-5-3-2-4-6-12)21-10-14-8-7-13(9-15(14)17)16(20)19-18/h2-9,11H,10,18H2,1H3,(H,19,20).